The molecule has 0 saturated heterocycles. The van der Waals surface area contributed by atoms with Gasteiger partial charge in [0.25, 0.3) is 11.8 Å². The fraction of sp³-hybridized carbons (Fsp3) is 0.450. The van der Waals surface area contributed by atoms with Crippen LogP contribution in [0.3, 0.4) is 0 Å². The summed E-state index contributed by atoms with van der Waals surface area (Å²) in [5.41, 5.74) is 1.96. The van der Waals surface area contributed by atoms with E-state index < -0.39 is 18.4 Å². The number of aromatic nitrogens is 2. The molecule has 0 fully saturated rings. The van der Waals surface area contributed by atoms with Gasteiger partial charge in [0.2, 0.25) is 5.95 Å². The molecule has 0 atom stereocenters. The summed E-state index contributed by atoms with van der Waals surface area (Å²) in [6, 6.07) is 3.86. The highest BCUT2D eigenvalue weighted by molar-refractivity contribution is 8.06. The monoisotopic (exact) mass is 446 g/mol. The Morgan fingerprint density at radius 2 is 2.19 bits per heavy atom. The predicted octanol–water partition coefficient (Wildman–Crippen LogP) is 1.30. The summed E-state index contributed by atoms with van der Waals surface area (Å²) in [5, 5.41) is 27.7. The Morgan fingerprint density at radius 1 is 1.42 bits per heavy atom. The van der Waals surface area contributed by atoms with E-state index in [2.05, 4.69) is 40.5 Å². The number of amides is 2. The maximum atomic E-state index is 11.9. The van der Waals surface area contributed by atoms with Gasteiger partial charge in [0.1, 0.15) is 24.9 Å². The summed E-state index contributed by atoms with van der Waals surface area (Å²) in [6.07, 6.45) is 1.97. The smallest absolute Gasteiger partial charge is 0.255 e. The first kappa shape index (κ1) is 24.3. The van der Waals surface area contributed by atoms with Crippen molar-refractivity contribution in [1.82, 2.24) is 20.2 Å². The second-order valence-electron chi connectivity index (χ2n) is 6.86. The van der Waals surface area contributed by atoms with Gasteiger partial charge in [-0.3, -0.25) is 14.5 Å². The summed E-state index contributed by atoms with van der Waals surface area (Å²) in [4.78, 5) is 33.2. The van der Waals surface area contributed by atoms with Gasteiger partial charge in [-0.25, -0.2) is 9.97 Å². The molecule has 0 radical (unpaired) electrons. The van der Waals surface area contributed by atoms with Gasteiger partial charge in [0.15, 0.2) is 0 Å². The summed E-state index contributed by atoms with van der Waals surface area (Å²) in [7, 11) is 1.36. The van der Waals surface area contributed by atoms with Gasteiger partial charge in [-0.1, -0.05) is 25.6 Å². The SMILES string of the molecule is COCC(=O)N(CCCNc1nccc(/C(C#N)=C2/NC(C(C)C)=CS2)n1)C(=O)CO. The second kappa shape index (κ2) is 12.0. The Kier molecular flexibility index (Phi) is 9.45. The molecular formula is C20H26N6O4S. The largest absolute Gasteiger partial charge is 0.387 e. The molecule has 0 saturated carbocycles. The standard InChI is InChI=1S/C20H26N6O4S/c1-13(2)16-12-31-19(24-16)14(9-21)15-5-7-23-20(25-15)22-6-4-8-26(17(28)10-27)18(29)11-30-3/h5,7,12-13,24,27H,4,6,8,10-11H2,1-3H3,(H,22,23,25)/b19-14-. The molecule has 2 amide bonds. The normalized spacial score (nSPS) is 14.5. The Labute approximate surface area is 185 Å². The third-order valence-electron chi connectivity index (χ3n) is 4.28. The molecule has 1 aromatic rings. The maximum Gasteiger partial charge on any atom is 0.255 e. The summed E-state index contributed by atoms with van der Waals surface area (Å²) in [5.74, 6) is -0.544. The van der Waals surface area contributed by atoms with Crippen molar-refractivity contribution in [3.05, 3.63) is 34.1 Å². The van der Waals surface area contributed by atoms with Crippen LogP contribution in [0.4, 0.5) is 5.95 Å². The Bertz CT molecular complexity index is 909. The lowest BCUT2D eigenvalue weighted by molar-refractivity contribution is -0.148. The zero-order valence-electron chi connectivity index (χ0n) is 17.7. The first-order valence-corrected chi connectivity index (χ1v) is 10.6. The van der Waals surface area contributed by atoms with Gasteiger partial charge < -0.3 is 20.5 Å². The highest BCUT2D eigenvalue weighted by atomic mass is 32.2. The first-order chi connectivity index (χ1) is 14.9. The number of carbonyl (C=O) groups excluding carboxylic acids is 2. The third-order valence-corrected chi connectivity index (χ3v) is 5.19. The lowest BCUT2D eigenvalue weighted by Gasteiger charge is -2.19. The van der Waals surface area contributed by atoms with Crippen LogP contribution in [0, 0.1) is 17.2 Å². The molecule has 2 rings (SSSR count). The molecule has 2 heterocycles. The number of allylic oxidation sites excluding steroid dienone is 2. The van der Waals surface area contributed by atoms with Crippen molar-refractivity contribution in [2.45, 2.75) is 20.3 Å². The van der Waals surface area contributed by atoms with E-state index in [-0.39, 0.29) is 13.2 Å². The van der Waals surface area contributed by atoms with E-state index in [0.717, 1.165) is 15.6 Å². The molecule has 3 N–H and O–H groups in total. The molecule has 1 aliphatic heterocycles. The number of nitrogens with zero attached hydrogens (tertiary/aromatic N) is 4. The summed E-state index contributed by atoms with van der Waals surface area (Å²) in [6.45, 7) is 3.64. The first-order valence-electron chi connectivity index (χ1n) is 9.69. The van der Waals surface area contributed by atoms with Crippen LogP contribution in [-0.4, -0.2) is 65.2 Å². The average Bonchev–Trinajstić information content (AvgIpc) is 3.24. The van der Waals surface area contributed by atoms with E-state index >= 15 is 0 Å². The number of methoxy groups -OCH3 is 1. The minimum absolute atomic E-state index is 0.117. The predicted molar refractivity (Wildman–Crippen MR) is 117 cm³/mol. The van der Waals surface area contributed by atoms with Crippen molar-refractivity contribution in [2.75, 3.05) is 38.7 Å². The molecule has 0 bridgehead atoms. The van der Waals surface area contributed by atoms with Crippen LogP contribution in [-0.2, 0) is 14.3 Å². The number of hydrogen-bond acceptors (Lipinski definition) is 10. The maximum absolute atomic E-state index is 11.9. The van der Waals surface area contributed by atoms with Crippen molar-refractivity contribution in [1.29, 1.82) is 5.26 Å². The van der Waals surface area contributed by atoms with E-state index in [1.54, 1.807) is 12.3 Å². The number of carbonyl (C=O) groups is 2. The lowest BCUT2D eigenvalue weighted by atomic mass is 10.1. The lowest BCUT2D eigenvalue weighted by Crippen LogP contribution is -2.41. The number of nitrogens with one attached hydrogen (secondary N) is 2. The number of nitriles is 1. The molecule has 31 heavy (non-hydrogen) atoms. The quantitative estimate of drug-likeness (QED) is 0.356. The van der Waals surface area contributed by atoms with Gasteiger partial charge in [-0.15, -0.1) is 0 Å². The number of aliphatic hydroxyl groups excluding tert-OH is 1. The van der Waals surface area contributed by atoms with Crippen molar-refractivity contribution < 1.29 is 19.4 Å². The fourth-order valence-corrected chi connectivity index (χ4v) is 3.66. The van der Waals surface area contributed by atoms with Crippen LogP contribution in [0.25, 0.3) is 5.57 Å². The van der Waals surface area contributed by atoms with E-state index in [1.807, 2.05) is 5.41 Å². The van der Waals surface area contributed by atoms with Crippen LogP contribution >= 0.6 is 11.8 Å². The molecule has 0 unspecified atom stereocenters. The minimum Gasteiger partial charge on any atom is -0.387 e. The van der Waals surface area contributed by atoms with Crippen LogP contribution in [0.1, 0.15) is 26.0 Å². The molecule has 11 heteroatoms. The van der Waals surface area contributed by atoms with Crippen LogP contribution in [0.15, 0.2) is 28.4 Å². The number of imide groups is 1. The molecular weight excluding hydrogens is 420 g/mol. The number of aliphatic hydroxyl groups is 1. The molecule has 1 aromatic heterocycles. The highest BCUT2D eigenvalue weighted by Gasteiger charge is 2.21. The molecule has 166 valence electrons. The van der Waals surface area contributed by atoms with Gasteiger partial charge in [0.05, 0.1) is 10.7 Å². The summed E-state index contributed by atoms with van der Waals surface area (Å²) < 4.78 is 4.76. The third kappa shape index (κ3) is 6.78. The van der Waals surface area contributed by atoms with E-state index in [9.17, 15) is 14.9 Å². The Balaban J connectivity index is 1.99. The number of thioether (sulfide) groups is 1. The number of rotatable bonds is 10. The van der Waals surface area contributed by atoms with Gasteiger partial charge in [-0.05, 0) is 23.8 Å². The highest BCUT2D eigenvalue weighted by Crippen LogP contribution is 2.33. The Morgan fingerprint density at radius 3 is 2.81 bits per heavy atom. The minimum atomic E-state index is -0.751. The zero-order valence-corrected chi connectivity index (χ0v) is 18.5. The van der Waals surface area contributed by atoms with E-state index in [1.165, 1.54) is 18.9 Å². The topological polar surface area (TPSA) is 140 Å². The zero-order chi connectivity index (χ0) is 22.8. The van der Waals surface area contributed by atoms with Crippen molar-refractivity contribution in [3.8, 4) is 6.07 Å². The number of hydrogen-bond donors (Lipinski definition) is 3. The van der Waals surface area contributed by atoms with E-state index in [0.29, 0.717) is 36.1 Å². The second-order valence-corrected chi connectivity index (χ2v) is 7.74. The van der Waals surface area contributed by atoms with Gasteiger partial charge >= 0.3 is 0 Å². The molecule has 0 spiro atoms. The number of ether oxygens (including phenoxy) is 1. The van der Waals surface area contributed by atoms with Crippen molar-refractivity contribution >= 4 is 35.1 Å². The Hall–Kier alpha value is -2.94. The van der Waals surface area contributed by atoms with Crippen molar-refractivity contribution in [3.63, 3.8) is 0 Å². The average molecular weight is 447 g/mol. The van der Waals surface area contributed by atoms with E-state index in [4.69, 9.17) is 9.84 Å². The molecule has 10 nitrogen and oxygen atoms in total. The van der Waals surface area contributed by atoms with Gasteiger partial charge in [0, 0.05) is 32.1 Å². The number of anilines is 1. The van der Waals surface area contributed by atoms with Crippen molar-refractivity contribution in [2.24, 2.45) is 5.92 Å². The molecule has 0 aliphatic carbocycles. The van der Waals surface area contributed by atoms with Crippen LogP contribution < -0.4 is 10.6 Å². The molecule has 0 aromatic carbocycles. The summed E-state index contributed by atoms with van der Waals surface area (Å²) >= 11 is 1.45. The van der Waals surface area contributed by atoms with Crippen LogP contribution in [0.5, 0.6) is 0 Å². The fourth-order valence-electron chi connectivity index (χ4n) is 2.63. The van der Waals surface area contributed by atoms with Gasteiger partial charge in [-0.2, -0.15) is 5.26 Å². The molecule has 1 aliphatic rings. The van der Waals surface area contributed by atoms with Crippen LogP contribution in [0.2, 0.25) is 0 Å².